The molecule has 6 nitrogen and oxygen atoms in total. The van der Waals surface area contributed by atoms with Gasteiger partial charge in [-0.3, -0.25) is 4.90 Å². The third kappa shape index (κ3) is 5.17. The first-order valence-electron chi connectivity index (χ1n) is 9.96. The van der Waals surface area contributed by atoms with Gasteiger partial charge in [0.05, 0.1) is 22.9 Å². The van der Waals surface area contributed by atoms with Crippen molar-refractivity contribution < 1.29 is 17.2 Å². The number of hydrogen-bond donors (Lipinski definition) is 1. The van der Waals surface area contributed by atoms with Crippen molar-refractivity contribution in [2.75, 3.05) is 37.6 Å². The largest absolute Gasteiger partial charge is 0.468 e. The lowest BCUT2D eigenvalue weighted by molar-refractivity contribution is 0.166. The Labute approximate surface area is 189 Å². The highest BCUT2D eigenvalue weighted by molar-refractivity contribution is 9.10. The van der Waals surface area contributed by atoms with Crippen molar-refractivity contribution >= 4 is 31.6 Å². The van der Waals surface area contributed by atoms with Gasteiger partial charge in [0, 0.05) is 37.2 Å². The summed E-state index contributed by atoms with van der Waals surface area (Å²) in [4.78, 5) is 4.38. The van der Waals surface area contributed by atoms with Crippen molar-refractivity contribution in [3.8, 4) is 0 Å². The summed E-state index contributed by atoms with van der Waals surface area (Å²) in [5, 5.41) is 0. The van der Waals surface area contributed by atoms with Gasteiger partial charge in [-0.05, 0) is 48.5 Å². The summed E-state index contributed by atoms with van der Waals surface area (Å²) < 4.78 is 48.8. The van der Waals surface area contributed by atoms with Crippen LogP contribution in [0.1, 0.15) is 11.8 Å². The van der Waals surface area contributed by atoms with Gasteiger partial charge in [0.15, 0.2) is 0 Å². The average Bonchev–Trinajstić information content (AvgIpc) is 3.30. The topological polar surface area (TPSA) is 65.8 Å². The number of hydrogen-bond acceptors (Lipinski definition) is 5. The van der Waals surface area contributed by atoms with Gasteiger partial charge in [0.1, 0.15) is 11.6 Å². The van der Waals surface area contributed by atoms with Gasteiger partial charge in [0.2, 0.25) is 10.0 Å². The first kappa shape index (κ1) is 22.0. The fraction of sp³-hybridized carbons (Fsp3) is 0.273. The molecule has 4 rings (SSSR count). The second-order valence-electron chi connectivity index (χ2n) is 7.31. The minimum atomic E-state index is -3.66. The smallest absolute Gasteiger partial charge is 0.240 e. The Balaban J connectivity index is 1.46. The van der Waals surface area contributed by atoms with E-state index in [9.17, 15) is 12.8 Å². The summed E-state index contributed by atoms with van der Waals surface area (Å²) in [6.07, 6.45) is 1.58. The molecule has 1 aromatic heterocycles. The molecular formula is C22H23BrFN3O3S. The molecule has 0 unspecified atom stereocenters. The van der Waals surface area contributed by atoms with Gasteiger partial charge in [-0.2, -0.15) is 0 Å². The Morgan fingerprint density at radius 2 is 1.71 bits per heavy atom. The Kier molecular flexibility index (Phi) is 6.76. The molecule has 1 N–H and O–H groups in total. The third-order valence-electron chi connectivity index (χ3n) is 5.41. The number of para-hydroxylation sites is 1. The first-order chi connectivity index (χ1) is 14.9. The van der Waals surface area contributed by atoms with Crippen LogP contribution in [0.5, 0.6) is 0 Å². The molecule has 0 bridgehead atoms. The molecule has 1 aliphatic rings. The van der Waals surface area contributed by atoms with E-state index in [1.54, 1.807) is 48.7 Å². The summed E-state index contributed by atoms with van der Waals surface area (Å²) in [6.45, 7) is 2.75. The molecule has 2 heterocycles. The van der Waals surface area contributed by atoms with Gasteiger partial charge in [-0.15, -0.1) is 0 Å². The van der Waals surface area contributed by atoms with E-state index in [-0.39, 0.29) is 23.3 Å². The van der Waals surface area contributed by atoms with E-state index in [2.05, 4.69) is 25.6 Å². The van der Waals surface area contributed by atoms with Gasteiger partial charge in [-0.1, -0.05) is 28.1 Å². The number of benzene rings is 2. The van der Waals surface area contributed by atoms with Gasteiger partial charge in [-0.25, -0.2) is 17.5 Å². The van der Waals surface area contributed by atoms with Gasteiger partial charge < -0.3 is 9.32 Å². The van der Waals surface area contributed by atoms with Crippen molar-refractivity contribution in [3.63, 3.8) is 0 Å². The number of furan rings is 1. The zero-order valence-electron chi connectivity index (χ0n) is 16.7. The molecule has 0 amide bonds. The Bertz CT molecular complexity index is 1100. The minimum Gasteiger partial charge on any atom is -0.468 e. The Hall–Kier alpha value is -2.20. The fourth-order valence-electron chi connectivity index (χ4n) is 3.76. The van der Waals surface area contributed by atoms with E-state index in [1.807, 2.05) is 17.0 Å². The SMILES string of the molecule is O=S(=O)(NC[C@@H](c1ccco1)N1CCN(c2ccccc2F)CC1)c1ccc(Br)cc1. The van der Waals surface area contributed by atoms with Gasteiger partial charge >= 0.3 is 0 Å². The molecule has 3 aromatic rings. The zero-order valence-corrected chi connectivity index (χ0v) is 19.1. The maximum absolute atomic E-state index is 14.1. The lowest BCUT2D eigenvalue weighted by Gasteiger charge is -2.39. The van der Waals surface area contributed by atoms with Crippen molar-refractivity contribution in [1.82, 2.24) is 9.62 Å². The molecule has 1 aliphatic heterocycles. The number of nitrogens with one attached hydrogen (secondary N) is 1. The van der Waals surface area contributed by atoms with E-state index in [0.717, 1.165) is 4.47 Å². The van der Waals surface area contributed by atoms with Crippen LogP contribution in [0.25, 0.3) is 0 Å². The molecule has 1 atom stereocenters. The molecule has 1 saturated heterocycles. The van der Waals surface area contributed by atoms with Crippen LogP contribution in [-0.4, -0.2) is 46.0 Å². The lowest BCUT2D eigenvalue weighted by atomic mass is 10.1. The number of anilines is 1. The van der Waals surface area contributed by atoms with E-state index in [1.165, 1.54) is 6.07 Å². The fourth-order valence-corrected chi connectivity index (χ4v) is 5.06. The monoisotopic (exact) mass is 507 g/mol. The molecule has 1 fully saturated rings. The van der Waals surface area contributed by atoms with Crippen LogP contribution < -0.4 is 9.62 Å². The van der Waals surface area contributed by atoms with Crippen LogP contribution in [0.15, 0.2) is 80.7 Å². The predicted molar refractivity (Wildman–Crippen MR) is 121 cm³/mol. The first-order valence-corrected chi connectivity index (χ1v) is 12.2. The number of rotatable bonds is 7. The average molecular weight is 508 g/mol. The van der Waals surface area contributed by atoms with E-state index in [4.69, 9.17) is 4.42 Å². The van der Waals surface area contributed by atoms with Crippen LogP contribution in [-0.2, 0) is 10.0 Å². The number of halogens is 2. The van der Waals surface area contributed by atoms with E-state index < -0.39 is 10.0 Å². The Morgan fingerprint density at radius 1 is 1.00 bits per heavy atom. The number of sulfonamides is 1. The minimum absolute atomic E-state index is 0.172. The summed E-state index contributed by atoms with van der Waals surface area (Å²) in [5.74, 6) is 0.457. The molecule has 9 heteroatoms. The molecule has 164 valence electrons. The zero-order chi connectivity index (χ0) is 21.8. The van der Waals surface area contributed by atoms with E-state index in [0.29, 0.717) is 37.6 Å². The lowest BCUT2D eigenvalue weighted by Crippen LogP contribution is -2.50. The molecule has 0 radical (unpaired) electrons. The predicted octanol–water partition coefficient (Wildman–Crippen LogP) is 4.02. The maximum Gasteiger partial charge on any atom is 0.240 e. The van der Waals surface area contributed by atoms with Crippen LogP contribution in [0.2, 0.25) is 0 Å². The molecular weight excluding hydrogens is 485 g/mol. The summed E-state index contributed by atoms with van der Waals surface area (Å²) in [7, 11) is -3.66. The second-order valence-corrected chi connectivity index (χ2v) is 9.99. The van der Waals surface area contributed by atoms with Gasteiger partial charge in [0.25, 0.3) is 0 Å². The van der Waals surface area contributed by atoms with Crippen molar-refractivity contribution in [2.45, 2.75) is 10.9 Å². The number of piperazine rings is 1. The normalized spacial score (nSPS) is 16.4. The summed E-state index contributed by atoms with van der Waals surface area (Å²) in [5.41, 5.74) is 0.590. The highest BCUT2D eigenvalue weighted by Crippen LogP contribution is 2.26. The van der Waals surface area contributed by atoms with Crippen LogP contribution in [0.4, 0.5) is 10.1 Å². The van der Waals surface area contributed by atoms with Crippen molar-refractivity contribution in [3.05, 3.63) is 83.0 Å². The van der Waals surface area contributed by atoms with Crippen molar-refractivity contribution in [2.24, 2.45) is 0 Å². The van der Waals surface area contributed by atoms with Crippen LogP contribution >= 0.6 is 15.9 Å². The quantitative estimate of drug-likeness (QED) is 0.523. The second kappa shape index (κ2) is 9.52. The highest BCUT2D eigenvalue weighted by Gasteiger charge is 2.29. The Morgan fingerprint density at radius 3 is 2.35 bits per heavy atom. The molecule has 0 aliphatic carbocycles. The van der Waals surface area contributed by atoms with E-state index >= 15 is 0 Å². The molecule has 0 spiro atoms. The molecule has 31 heavy (non-hydrogen) atoms. The van der Waals surface area contributed by atoms with Crippen LogP contribution in [0, 0.1) is 5.82 Å². The summed E-state index contributed by atoms with van der Waals surface area (Å²) >= 11 is 3.32. The highest BCUT2D eigenvalue weighted by atomic mass is 79.9. The van der Waals surface area contributed by atoms with Crippen molar-refractivity contribution in [1.29, 1.82) is 0 Å². The maximum atomic E-state index is 14.1. The number of nitrogens with zero attached hydrogens (tertiary/aromatic N) is 2. The van der Waals surface area contributed by atoms with Crippen LogP contribution in [0.3, 0.4) is 0 Å². The standard InChI is InChI=1S/C22H23BrFN3O3S/c23-17-7-9-18(10-8-17)31(28,29)25-16-21(22-6-3-15-30-22)27-13-11-26(12-14-27)20-5-2-1-4-19(20)24/h1-10,15,21,25H,11-14,16H2/t21-/m0/s1. The summed E-state index contributed by atoms with van der Waals surface area (Å²) in [6, 6.07) is 16.6. The molecule has 0 saturated carbocycles. The molecule has 2 aromatic carbocycles. The third-order valence-corrected chi connectivity index (χ3v) is 7.38.